The number of rotatable bonds is 7. The third kappa shape index (κ3) is 6.70. The van der Waals surface area contributed by atoms with E-state index in [9.17, 15) is 15.2 Å². The number of nitriles is 1. The Kier molecular flexibility index (Phi) is 10.5. The molecule has 0 aromatic heterocycles. The van der Waals surface area contributed by atoms with Gasteiger partial charge in [0.15, 0.2) is 0 Å². The molecule has 3 heterocycles. The van der Waals surface area contributed by atoms with Gasteiger partial charge in [-0.1, -0.05) is 53.5 Å². The van der Waals surface area contributed by atoms with Crippen LogP contribution in [0.25, 0.3) is 0 Å². The summed E-state index contributed by atoms with van der Waals surface area (Å²) in [6.45, 7) is 13.5. The molecule has 3 aliphatic rings. The van der Waals surface area contributed by atoms with E-state index in [2.05, 4.69) is 17.9 Å². The van der Waals surface area contributed by atoms with Gasteiger partial charge in [0.1, 0.15) is 22.7 Å². The summed E-state index contributed by atoms with van der Waals surface area (Å²) in [5, 5.41) is 20.6. The second-order valence-electron chi connectivity index (χ2n) is 14.6. The number of carbonyl (C=O) groups is 2. The number of benzene rings is 3. The third-order valence-corrected chi connectivity index (χ3v) is 11.8. The molecule has 2 fully saturated rings. The first-order valence-electron chi connectivity index (χ1n) is 17.9. The van der Waals surface area contributed by atoms with Crippen molar-refractivity contribution in [3.8, 4) is 11.8 Å². The predicted molar refractivity (Wildman–Crippen MR) is 203 cm³/mol. The van der Waals surface area contributed by atoms with Gasteiger partial charge in [-0.15, -0.1) is 0 Å². The second-order valence-corrected chi connectivity index (χ2v) is 15.5. The fourth-order valence-corrected chi connectivity index (χ4v) is 8.10. The first-order chi connectivity index (χ1) is 24.7. The van der Waals surface area contributed by atoms with E-state index >= 15 is 4.79 Å². The van der Waals surface area contributed by atoms with Gasteiger partial charge in [0.05, 0.1) is 23.7 Å². The van der Waals surface area contributed by atoms with E-state index in [1.54, 1.807) is 0 Å². The van der Waals surface area contributed by atoms with E-state index in [0.29, 0.717) is 73.1 Å². The minimum Gasteiger partial charge on any atom is -0.493 e. The minimum atomic E-state index is -1.05. The molecule has 2 saturated heterocycles. The fraction of sp³-hybridized carbons (Fsp3) is 0.450. The summed E-state index contributed by atoms with van der Waals surface area (Å²) >= 11 is 12.8. The normalized spacial score (nSPS) is 23.0. The number of amidine groups is 1. The SMILES string of the molecule is CCOc1cc(C(C)(C)C#N)ccc1C1=N[C@@](C)(c2ccc(Cl)cc2)[C@@](C)(c2ccc(Cl)cc2)N1C(=O)N1CCN(C2CCN(C(=O)O)CC2)CC1. The molecule has 2 atom stereocenters. The van der Waals surface area contributed by atoms with Gasteiger partial charge in [0.2, 0.25) is 0 Å². The van der Waals surface area contributed by atoms with E-state index in [1.807, 2.05) is 104 Å². The molecule has 12 heteroatoms. The van der Waals surface area contributed by atoms with Gasteiger partial charge in [-0.05, 0) is 101 Å². The van der Waals surface area contributed by atoms with Crippen LogP contribution in [0.2, 0.25) is 10.0 Å². The molecule has 0 unspecified atom stereocenters. The highest BCUT2D eigenvalue weighted by molar-refractivity contribution is 6.30. The molecular weight excluding hydrogens is 699 g/mol. The molecule has 52 heavy (non-hydrogen) atoms. The van der Waals surface area contributed by atoms with Gasteiger partial charge in [-0.2, -0.15) is 5.26 Å². The van der Waals surface area contributed by atoms with Crippen molar-refractivity contribution in [1.82, 2.24) is 19.6 Å². The first-order valence-corrected chi connectivity index (χ1v) is 18.6. The number of piperidine rings is 1. The molecule has 0 saturated carbocycles. The maximum atomic E-state index is 15.3. The molecule has 274 valence electrons. The van der Waals surface area contributed by atoms with Crippen LogP contribution in [0.3, 0.4) is 0 Å². The molecular formula is C40H46Cl2N6O4. The Balaban J connectivity index is 1.45. The number of carboxylic acid groups (broad SMARTS) is 1. The Bertz CT molecular complexity index is 1880. The van der Waals surface area contributed by atoms with Crippen molar-refractivity contribution in [3.63, 3.8) is 0 Å². The van der Waals surface area contributed by atoms with E-state index in [4.69, 9.17) is 32.9 Å². The smallest absolute Gasteiger partial charge is 0.407 e. The lowest BCUT2D eigenvalue weighted by atomic mass is 9.71. The highest BCUT2D eigenvalue weighted by atomic mass is 35.5. The standard InChI is InChI=1S/C40H46Cl2N6O4/c1-6-52-34-25-29(38(2,3)26-43)11-16-33(34)35-44-39(4,27-7-12-30(41)13-8-27)40(5,28-9-14-31(42)15-10-28)48(35)36(49)46-23-21-45(22-24-46)32-17-19-47(20-18-32)37(50)51/h7-16,25,32H,6,17-24H2,1-5H3,(H,50,51)/t39-,40+/m0/s1. The quantitative estimate of drug-likeness (QED) is 0.263. The average molecular weight is 746 g/mol. The zero-order valence-electron chi connectivity index (χ0n) is 30.4. The van der Waals surface area contributed by atoms with Crippen molar-refractivity contribution in [2.24, 2.45) is 4.99 Å². The predicted octanol–water partition coefficient (Wildman–Crippen LogP) is 7.97. The lowest BCUT2D eigenvalue weighted by Gasteiger charge is -2.48. The zero-order valence-corrected chi connectivity index (χ0v) is 31.9. The molecule has 3 amide bonds. The number of likely N-dealkylation sites (tertiary alicyclic amines) is 1. The monoisotopic (exact) mass is 744 g/mol. The number of carbonyl (C=O) groups excluding carboxylic acids is 1. The Morgan fingerprint density at radius 1 is 0.904 bits per heavy atom. The average Bonchev–Trinajstić information content (AvgIpc) is 3.39. The molecule has 0 bridgehead atoms. The van der Waals surface area contributed by atoms with Crippen molar-refractivity contribution in [3.05, 3.63) is 99.0 Å². The molecule has 6 rings (SSSR count). The van der Waals surface area contributed by atoms with Crippen molar-refractivity contribution in [1.29, 1.82) is 5.26 Å². The lowest BCUT2D eigenvalue weighted by Crippen LogP contribution is -2.61. The van der Waals surface area contributed by atoms with Crippen LogP contribution in [-0.2, 0) is 16.5 Å². The summed E-state index contributed by atoms with van der Waals surface area (Å²) in [5.41, 5.74) is 0.360. The Hall–Kier alpha value is -4.30. The summed E-state index contributed by atoms with van der Waals surface area (Å²) in [4.78, 5) is 39.9. The van der Waals surface area contributed by atoms with Crippen molar-refractivity contribution in [2.75, 3.05) is 45.9 Å². The number of halogens is 2. The summed E-state index contributed by atoms with van der Waals surface area (Å²) < 4.78 is 6.26. The Morgan fingerprint density at radius 2 is 1.48 bits per heavy atom. The zero-order chi connectivity index (χ0) is 37.4. The van der Waals surface area contributed by atoms with Crippen molar-refractivity contribution < 1.29 is 19.4 Å². The molecule has 0 aliphatic carbocycles. The van der Waals surface area contributed by atoms with E-state index < -0.39 is 22.6 Å². The van der Waals surface area contributed by atoms with Gasteiger partial charge < -0.3 is 19.6 Å². The number of ether oxygens (including phenoxy) is 1. The molecule has 0 spiro atoms. The number of hydrogen-bond acceptors (Lipinski definition) is 6. The lowest BCUT2D eigenvalue weighted by molar-refractivity contribution is 0.0534. The Labute approximate surface area is 316 Å². The van der Waals surface area contributed by atoms with Gasteiger partial charge in [-0.3, -0.25) is 14.8 Å². The number of amides is 3. The van der Waals surface area contributed by atoms with E-state index in [-0.39, 0.29) is 12.1 Å². The highest BCUT2D eigenvalue weighted by Crippen LogP contribution is 2.54. The van der Waals surface area contributed by atoms with E-state index in [1.165, 1.54) is 4.90 Å². The van der Waals surface area contributed by atoms with Crippen molar-refractivity contribution in [2.45, 2.75) is 70.0 Å². The van der Waals surface area contributed by atoms with Crippen LogP contribution in [-0.4, -0.2) is 94.6 Å². The second kappa shape index (κ2) is 14.6. The number of hydrogen-bond donors (Lipinski definition) is 1. The maximum Gasteiger partial charge on any atom is 0.407 e. The van der Waals surface area contributed by atoms with Gasteiger partial charge in [0.25, 0.3) is 0 Å². The molecule has 3 aliphatic heterocycles. The number of aliphatic imine (C=N–C) groups is 1. The third-order valence-electron chi connectivity index (χ3n) is 11.3. The van der Waals surface area contributed by atoms with Crippen LogP contribution >= 0.6 is 23.2 Å². The first kappa shape index (κ1) is 37.5. The molecule has 1 N–H and O–H groups in total. The number of nitrogens with zero attached hydrogens (tertiary/aromatic N) is 6. The van der Waals surface area contributed by atoms with Crippen LogP contribution < -0.4 is 4.74 Å². The molecule has 3 aromatic rings. The van der Waals surface area contributed by atoms with Gasteiger partial charge in [0, 0.05) is 55.4 Å². The summed E-state index contributed by atoms with van der Waals surface area (Å²) in [5.74, 6) is 1.00. The van der Waals surface area contributed by atoms with E-state index in [0.717, 1.165) is 29.5 Å². The minimum absolute atomic E-state index is 0.182. The molecule has 3 aromatic carbocycles. The fourth-order valence-electron chi connectivity index (χ4n) is 7.84. The van der Waals surface area contributed by atoms with Gasteiger partial charge >= 0.3 is 12.1 Å². The summed E-state index contributed by atoms with van der Waals surface area (Å²) in [6.07, 6.45) is 0.675. The van der Waals surface area contributed by atoms with Crippen LogP contribution in [0.5, 0.6) is 5.75 Å². The van der Waals surface area contributed by atoms with Crippen LogP contribution in [0.15, 0.2) is 71.7 Å². The molecule has 10 nitrogen and oxygen atoms in total. The largest absolute Gasteiger partial charge is 0.493 e. The maximum absolute atomic E-state index is 15.3. The highest BCUT2D eigenvalue weighted by Gasteiger charge is 2.60. The van der Waals surface area contributed by atoms with Gasteiger partial charge in [-0.25, -0.2) is 9.59 Å². The molecule has 0 radical (unpaired) electrons. The topological polar surface area (TPSA) is 113 Å². The van der Waals surface area contributed by atoms with Crippen molar-refractivity contribution >= 4 is 41.2 Å². The van der Waals surface area contributed by atoms with Crippen LogP contribution in [0, 0.1) is 11.3 Å². The number of urea groups is 1. The summed E-state index contributed by atoms with van der Waals surface area (Å²) in [6, 6.07) is 23.4. The van der Waals surface area contributed by atoms with Crippen LogP contribution in [0.1, 0.15) is 69.7 Å². The Morgan fingerprint density at radius 3 is 2.02 bits per heavy atom. The number of piperazine rings is 1. The van der Waals surface area contributed by atoms with Crippen LogP contribution in [0.4, 0.5) is 9.59 Å². The summed E-state index contributed by atoms with van der Waals surface area (Å²) in [7, 11) is 0.